The Morgan fingerprint density at radius 3 is 2.62 bits per heavy atom. The van der Waals surface area contributed by atoms with Gasteiger partial charge in [-0.3, -0.25) is 4.79 Å². The molecule has 0 spiro atoms. The molecular formula is C19H15Cl2FN2O2. The fourth-order valence-electron chi connectivity index (χ4n) is 2.42. The molecule has 0 bridgehead atoms. The number of carbonyl (C=O) groups excluding carboxylic acids is 1. The van der Waals surface area contributed by atoms with Crippen molar-refractivity contribution in [3.63, 3.8) is 0 Å². The Balaban J connectivity index is 1.70. The maximum absolute atomic E-state index is 12.9. The van der Waals surface area contributed by atoms with Crippen molar-refractivity contribution in [3.8, 4) is 5.75 Å². The van der Waals surface area contributed by atoms with E-state index in [0.717, 1.165) is 11.3 Å². The lowest BCUT2D eigenvalue weighted by Crippen LogP contribution is -2.28. The average Bonchev–Trinajstić information content (AvgIpc) is 2.60. The molecule has 3 aromatic rings. The van der Waals surface area contributed by atoms with Crippen LogP contribution in [0, 0.1) is 12.7 Å². The molecule has 0 aliphatic carbocycles. The summed E-state index contributed by atoms with van der Waals surface area (Å²) in [6.07, 6.45) is 0. The lowest BCUT2D eigenvalue weighted by Gasteiger charge is -2.12. The Hall–Kier alpha value is -2.37. The SMILES string of the molecule is Cc1ccc2c(Cl)cc(Cl)c(OCC(=O)NCc3ccc(F)cc3)c2n1. The summed E-state index contributed by atoms with van der Waals surface area (Å²) in [5.74, 6) is -0.344. The number of aromatic nitrogens is 1. The van der Waals surface area contributed by atoms with Crippen molar-refractivity contribution in [1.29, 1.82) is 0 Å². The number of carbonyl (C=O) groups is 1. The summed E-state index contributed by atoms with van der Waals surface area (Å²) in [6, 6.07) is 11.1. The van der Waals surface area contributed by atoms with Gasteiger partial charge in [-0.15, -0.1) is 0 Å². The van der Waals surface area contributed by atoms with Gasteiger partial charge in [0.05, 0.1) is 10.0 Å². The quantitative estimate of drug-likeness (QED) is 0.685. The standard InChI is InChI=1S/C19H15Cl2FN2O2/c1-11-2-7-14-15(20)8-16(21)19(18(14)24-11)26-10-17(25)23-9-12-3-5-13(22)6-4-12/h2-8H,9-10H2,1H3,(H,23,25). The number of nitrogens with one attached hydrogen (secondary N) is 1. The third-order valence-corrected chi connectivity index (χ3v) is 4.32. The van der Waals surface area contributed by atoms with Crippen LogP contribution in [0.2, 0.25) is 10.0 Å². The zero-order valence-electron chi connectivity index (χ0n) is 13.9. The number of halogens is 3. The summed E-state index contributed by atoms with van der Waals surface area (Å²) in [5.41, 5.74) is 2.07. The van der Waals surface area contributed by atoms with Gasteiger partial charge in [-0.1, -0.05) is 35.3 Å². The summed E-state index contributed by atoms with van der Waals surface area (Å²) < 4.78 is 18.5. The maximum Gasteiger partial charge on any atom is 0.258 e. The topological polar surface area (TPSA) is 51.2 Å². The largest absolute Gasteiger partial charge is 0.480 e. The zero-order chi connectivity index (χ0) is 18.7. The Bertz CT molecular complexity index is 962. The van der Waals surface area contributed by atoms with Crippen LogP contribution in [-0.4, -0.2) is 17.5 Å². The van der Waals surface area contributed by atoms with E-state index in [1.807, 2.05) is 19.1 Å². The van der Waals surface area contributed by atoms with Crippen LogP contribution < -0.4 is 10.1 Å². The molecule has 26 heavy (non-hydrogen) atoms. The number of ether oxygens (including phenoxy) is 1. The van der Waals surface area contributed by atoms with Crippen molar-refractivity contribution < 1.29 is 13.9 Å². The van der Waals surface area contributed by atoms with E-state index in [1.165, 1.54) is 12.1 Å². The number of pyridine rings is 1. The lowest BCUT2D eigenvalue weighted by atomic mass is 10.2. The highest BCUT2D eigenvalue weighted by Gasteiger charge is 2.14. The Morgan fingerprint density at radius 2 is 1.88 bits per heavy atom. The zero-order valence-corrected chi connectivity index (χ0v) is 15.4. The fourth-order valence-corrected chi connectivity index (χ4v) is 2.99. The number of fused-ring (bicyclic) bond motifs is 1. The van der Waals surface area contributed by atoms with Gasteiger partial charge in [0.15, 0.2) is 12.4 Å². The normalized spacial score (nSPS) is 10.8. The van der Waals surface area contributed by atoms with Crippen molar-refractivity contribution in [2.45, 2.75) is 13.5 Å². The minimum Gasteiger partial charge on any atom is -0.480 e. The monoisotopic (exact) mass is 392 g/mol. The molecule has 0 aliphatic heterocycles. The average molecular weight is 393 g/mol. The molecule has 0 saturated heterocycles. The third-order valence-electron chi connectivity index (χ3n) is 3.73. The fraction of sp³-hybridized carbons (Fsp3) is 0.158. The molecule has 7 heteroatoms. The Labute approximate surface area is 159 Å². The van der Waals surface area contributed by atoms with Gasteiger partial charge in [-0.05, 0) is 42.8 Å². The van der Waals surface area contributed by atoms with Gasteiger partial charge in [0.2, 0.25) is 0 Å². The molecule has 1 heterocycles. The number of amides is 1. The van der Waals surface area contributed by atoms with Gasteiger partial charge < -0.3 is 10.1 Å². The van der Waals surface area contributed by atoms with Gasteiger partial charge in [-0.2, -0.15) is 0 Å². The number of hydrogen-bond acceptors (Lipinski definition) is 3. The summed E-state index contributed by atoms with van der Waals surface area (Å²) >= 11 is 12.4. The highest BCUT2D eigenvalue weighted by atomic mass is 35.5. The first kappa shape index (κ1) is 18.4. The van der Waals surface area contributed by atoms with Crippen LogP contribution in [0.3, 0.4) is 0 Å². The molecule has 134 valence electrons. The van der Waals surface area contributed by atoms with Crippen molar-refractivity contribution in [1.82, 2.24) is 10.3 Å². The molecule has 0 aliphatic rings. The molecule has 0 saturated carbocycles. The Kier molecular flexibility index (Phi) is 5.59. The van der Waals surface area contributed by atoms with E-state index in [-0.39, 0.29) is 29.9 Å². The molecule has 0 unspecified atom stereocenters. The number of aryl methyl sites for hydroxylation is 1. The van der Waals surface area contributed by atoms with E-state index in [2.05, 4.69) is 10.3 Å². The van der Waals surface area contributed by atoms with Crippen LogP contribution >= 0.6 is 23.2 Å². The van der Waals surface area contributed by atoms with Gasteiger partial charge in [0, 0.05) is 17.6 Å². The molecule has 1 aromatic heterocycles. The smallest absolute Gasteiger partial charge is 0.258 e. The first-order valence-corrected chi connectivity index (χ1v) is 8.59. The molecule has 1 amide bonds. The number of benzene rings is 2. The third kappa shape index (κ3) is 4.23. The molecule has 3 rings (SSSR count). The van der Waals surface area contributed by atoms with E-state index < -0.39 is 0 Å². The molecule has 4 nitrogen and oxygen atoms in total. The predicted molar refractivity (Wildman–Crippen MR) is 100 cm³/mol. The first-order chi connectivity index (χ1) is 12.4. The van der Waals surface area contributed by atoms with Crippen molar-refractivity contribution in [2.75, 3.05) is 6.61 Å². The van der Waals surface area contributed by atoms with E-state index in [4.69, 9.17) is 27.9 Å². The van der Waals surface area contributed by atoms with Crippen LogP contribution in [0.5, 0.6) is 5.75 Å². The summed E-state index contributed by atoms with van der Waals surface area (Å²) in [4.78, 5) is 16.5. The van der Waals surface area contributed by atoms with E-state index in [1.54, 1.807) is 18.2 Å². The van der Waals surface area contributed by atoms with Crippen molar-refractivity contribution >= 4 is 40.0 Å². The minimum atomic E-state index is -0.332. The molecule has 0 radical (unpaired) electrons. The summed E-state index contributed by atoms with van der Waals surface area (Å²) in [5, 5.41) is 4.15. The second-order valence-corrected chi connectivity index (χ2v) is 6.52. The first-order valence-electron chi connectivity index (χ1n) is 7.83. The molecule has 2 aromatic carbocycles. The lowest BCUT2D eigenvalue weighted by molar-refractivity contribution is -0.123. The second kappa shape index (κ2) is 7.89. The number of rotatable bonds is 5. The summed E-state index contributed by atoms with van der Waals surface area (Å²) in [7, 11) is 0. The summed E-state index contributed by atoms with van der Waals surface area (Å²) in [6.45, 7) is 1.88. The van der Waals surface area contributed by atoms with Gasteiger partial charge in [0.1, 0.15) is 11.3 Å². The van der Waals surface area contributed by atoms with E-state index >= 15 is 0 Å². The van der Waals surface area contributed by atoms with Gasteiger partial charge >= 0.3 is 0 Å². The van der Waals surface area contributed by atoms with Crippen LogP contribution in [0.15, 0.2) is 42.5 Å². The molecular weight excluding hydrogens is 378 g/mol. The van der Waals surface area contributed by atoms with Crippen LogP contribution in [0.1, 0.15) is 11.3 Å². The molecule has 1 N–H and O–H groups in total. The maximum atomic E-state index is 12.9. The number of nitrogens with zero attached hydrogens (tertiary/aromatic N) is 1. The van der Waals surface area contributed by atoms with E-state index in [0.29, 0.717) is 21.7 Å². The van der Waals surface area contributed by atoms with Crippen molar-refractivity contribution in [3.05, 3.63) is 69.6 Å². The Morgan fingerprint density at radius 1 is 1.15 bits per heavy atom. The highest BCUT2D eigenvalue weighted by Crippen LogP contribution is 2.37. The molecule has 0 fully saturated rings. The predicted octanol–water partition coefficient (Wildman–Crippen LogP) is 4.68. The van der Waals surface area contributed by atoms with Gasteiger partial charge in [0.25, 0.3) is 5.91 Å². The van der Waals surface area contributed by atoms with Crippen molar-refractivity contribution in [2.24, 2.45) is 0 Å². The van der Waals surface area contributed by atoms with Crippen LogP contribution in [0.25, 0.3) is 10.9 Å². The van der Waals surface area contributed by atoms with Crippen LogP contribution in [0.4, 0.5) is 4.39 Å². The molecule has 0 atom stereocenters. The van der Waals surface area contributed by atoms with Gasteiger partial charge in [-0.25, -0.2) is 9.37 Å². The van der Waals surface area contributed by atoms with E-state index in [9.17, 15) is 9.18 Å². The second-order valence-electron chi connectivity index (χ2n) is 5.71. The number of hydrogen-bond donors (Lipinski definition) is 1. The minimum absolute atomic E-state index is 0.229. The highest BCUT2D eigenvalue weighted by molar-refractivity contribution is 6.39. The van der Waals surface area contributed by atoms with Crippen LogP contribution in [-0.2, 0) is 11.3 Å².